The molecule has 0 unspecified atom stereocenters. The Morgan fingerprint density at radius 2 is 1.96 bits per heavy atom. The van der Waals surface area contributed by atoms with E-state index < -0.39 is 10.0 Å². The molecule has 0 amide bonds. The van der Waals surface area contributed by atoms with Gasteiger partial charge in [-0.3, -0.25) is 4.99 Å². The first-order chi connectivity index (χ1) is 12.3. The first-order valence-electron chi connectivity index (χ1n) is 8.47. The van der Waals surface area contributed by atoms with Crippen LogP contribution in [0.4, 0.5) is 0 Å². The number of aryl methyl sites for hydroxylation is 1. The fourth-order valence-corrected chi connectivity index (χ4v) is 4.72. The van der Waals surface area contributed by atoms with E-state index in [1.165, 1.54) is 0 Å². The van der Waals surface area contributed by atoms with Crippen molar-refractivity contribution in [2.24, 2.45) is 15.9 Å². The molecule has 0 aliphatic heterocycles. The van der Waals surface area contributed by atoms with Crippen molar-refractivity contribution in [3.63, 3.8) is 0 Å². The van der Waals surface area contributed by atoms with Crippen molar-refractivity contribution < 1.29 is 8.42 Å². The molecule has 0 spiro atoms. The molecule has 0 atom stereocenters. The van der Waals surface area contributed by atoms with Gasteiger partial charge < -0.3 is 5.73 Å². The van der Waals surface area contributed by atoms with E-state index in [0.717, 1.165) is 31.2 Å². The van der Waals surface area contributed by atoms with Crippen LogP contribution >= 0.6 is 0 Å². The molecule has 1 aromatic carbocycles. The molecule has 1 aromatic heterocycles. The average Bonchev–Trinajstić information content (AvgIpc) is 3.08. The molecule has 1 aliphatic carbocycles. The Bertz CT molecular complexity index is 910. The van der Waals surface area contributed by atoms with Crippen molar-refractivity contribution in [3.05, 3.63) is 23.3 Å². The summed E-state index contributed by atoms with van der Waals surface area (Å²) >= 11 is 0. The quantitative estimate of drug-likeness (QED) is 0.538. The first kappa shape index (κ1) is 18.5. The number of aliphatic imine (C=N–C) groups is 1. The Kier molecular flexibility index (Phi) is 5.05. The Morgan fingerprint density at radius 1 is 1.27 bits per heavy atom. The van der Waals surface area contributed by atoms with Gasteiger partial charge in [0, 0.05) is 5.56 Å². The van der Waals surface area contributed by atoms with Gasteiger partial charge in [-0.25, -0.2) is 13.6 Å². The van der Waals surface area contributed by atoms with Crippen molar-refractivity contribution in [2.45, 2.75) is 56.4 Å². The Morgan fingerprint density at radius 3 is 2.50 bits per heavy atom. The lowest BCUT2D eigenvalue weighted by Crippen LogP contribution is -2.21. The number of benzene rings is 1. The van der Waals surface area contributed by atoms with Gasteiger partial charge in [-0.05, 0) is 61.8 Å². The van der Waals surface area contributed by atoms with E-state index in [1.54, 1.807) is 19.9 Å². The number of primary sulfonamides is 1. The number of nitrogens with one attached hydrogen (secondary N) is 1. The number of amidine groups is 1. The van der Waals surface area contributed by atoms with E-state index in [-0.39, 0.29) is 22.7 Å². The third kappa shape index (κ3) is 3.75. The van der Waals surface area contributed by atoms with E-state index in [1.807, 2.05) is 6.07 Å². The summed E-state index contributed by atoms with van der Waals surface area (Å²) in [6.07, 6.45) is 3.53. The fraction of sp³-hybridized carbons (Fsp3) is 0.500. The van der Waals surface area contributed by atoms with Crippen LogP contribution in [0, 0.1) is 6.92 Å². The molecule has 0 radical (unpaired) electrons. The van der Waals surface area contributed by atoms with E-state index in [0.29, 0.717) is 17.0 Å². The molecule has 1 fully saturated rings. The highest BCUT2D eigenvalue weighted by atomic mass is 32.2. The Labute approximate surface area is 152 Å². The minimum Gasteiger partial charge on any atom is -0.388 e. The highest BCUT2D eigenvalue weighted by Gasteiger charge is 2.30. The summed E-state index contributed by atoms with van der Waals surface area (Å²) < 4.78 is 24.5. The van der Waals surface area contributed by atoms with Crippen LogP contribution in [0.25, 0.3) is 11.4 Å². The second-order valence-corrected chi connectivity index (χ2v) is 8.23. The lowest BCUT2D eigenvalue weighted by Gasteiger charge is -2.28. The van der Waals surface area contributed by atoms with Gasteiger partial charge in [0.25, 0.3) is 0 Å². The number of hydrogen-bond acceptors (Lipinski definition) is 6. The molecule has 10 heteroatoms. The summed E-state index contributed by atoms with van der Waals surface area (Å²) in [5, 5.41) is 19.5. The number of nitrogens with two attached hydrogens (primary N) is 2. The smallest absolute Gasteiger partial charge is 0.239 e. The van der Waals surface area contributed by atoms with Gasteiger partial charge in [-0.1, -0.05) is 12.1 Å². The average molecular weight is 377 g/mol. The highest BCUT2D eigenvalue weighted by molar-refractivity contribution is 7.89. The second kappa shape index (κ2) is 7.12. The summed E-state index contributed by atoms with van der Waals surface area (Å²) in [7, 11) is -3.94. The molecular weight excluding hydrogens is 354 g/mol. The third-order valence-electron chi connectivity index (χ3n) is 4.76. The lowest BCUT2D eigenvalue weighted by molar-refractivity contribution is 0.397. The number of H-pyrrole nitrogens is 1. The van der Waals surface area contributed by atoms with Crippen LogP contribution in [0.5, 0.6) is 0 Å². The maximum atomic E-state index is 12.2. The molecule has 1 aliphatic rings. The number of tetrazole rings is 1. The maximum absolute atomic E-state index is 12.2. The molecular formula is C16H23N7O2S. The van der Waals surface area contributed by atoms with Crippen LogP contribution in [0.1, 0.15) is 49.7 Å². The normalized spacial score (nSPS) is 21.7. The highest BCUT2D eigenvalue weighted by Crippen LogP contribution is 2.41. The first-order valence-corrected chi connectivity index (χ1v) is 10.0. The van der Waals surface area contributed by atoms with Crippen molar-refractivity contribution in [1.29, 1.82) is 0 Å². The van der Waals surface area contributed by atoms with Gasteiger partial charge in [0.15, 0.2) is 0 Å². The summed E-state index contributed by atoms with van der Waals surface area (Å²) in [6, 6.07) is 3.94. The monoisotopic (exact) mass is 377 g/mol. The summed E-state index contributed by atoms with van der Waals surface area (Å²) in [6.45, 7) is 3.50. The van der Waals surface area contributed by atoms with Crippen molar-refractivity contribution in [2.75, 3.05) is 0 Å². The number of rotatable bonds is 4. The van der Waals surface area contributed by atoms with Crippen molar-refractivity contribution >= 4 is 15.9 Å². The number of nitrogens with zero attached hydrogens (tertiary/aromatic N) is 4. The predicted molar refractivity (Wildman–Crippen MR) is 98.0 cm³/mol. The third-order valence-corrected chi connectivity index (χ3v) is 5.86. The van der Waals surface area contributed by atoms with E-state index >= 15 is 0 Å². The number of aromatic nitrogens is 4. The van der Waals surface area contributed by atoms with Crippen LogP contribution in [0.3, 0.4) is 0 Å². The van der Waals surface area contributed by atoms with Crippen LogP contribution in [-0.4, -0.2) is 40.9 Å². The van der Waals surface area contributed by atoms with E-state index in [9.17, 15) is 8.42 Å². The molecule has 9 nitrogen and oxygen atoms in total. The fourth-order valence-electron chi connectivity index (χ4n) is 3.71. The van der Waals surface area contributed by atoms with E-state index in [2.05, 4.69) is 25.6 Å². The maximum Gasteiger partial charge on any atom is 0.239 e. The second-order valence-electron chi connectivity index (χ2n) is 6.73. The zero-order chi connectivity index (χ0) is 18.9. The van der Waals surface area contributed by atoms with Crippen molar-refractivity contribution in [1.82, 2.24) is 20.6 Å². The molecule has 0 bridgehead atoms. The van der Waals surface area contributed by atoms with Gasteiger partial charge in [0.2, 0.25) is 15.8 Å². The number of sulfonamides is 1. The van der Waals surface area contributed by atoms with Crippen LogP contribution in [0.15, 0.2) is 22.0 Å². The molecule has 140 valence electrons. The predicted octanol–water partition coefficient (Wildman–Crippen LogP) is 1.23. The van der Waals surface area contributed by atoms with Crippen molar-refractivity contribution in [3.8, 4) is 11.4 Å². The standard InChI is InChI=1S/C16H23N7O2S/c1-9-3-8-13(11-4-6-12(7-5-11)19-10(2)17)14(15(9)26(18,24)25)16-20-22-23-21-16/h3,8,11-12H,4-7H2,1-2H3,(H2,17,19)(H2,18,24,25)(H,20,21,22,23). The molecule has 1 saturated carbocycles. The summed E-state index contributed by atoms with van der Waals surface area (Å²) in [4.78, 5) is 4.51. The Balaban J connectivity index is 2.05. The minimum absolute atomic E-state index is 0.0642. The number of aromatic amines is 1. The topological polar surface area (TPSA) is 153 Å². The molecule has 26 heavy (non-hydrogen) atoms. The SMILES string of the molecule is CC(N)=NC1CCC(c2ccc(C)c(S(N)(=O)=O)c2-c2nn[nH]n2)CC1. The summed E-state index contributed by atoms with van der Waals surface area (Å²) in [5.41, 5.74) is 7.58. The van der Waals surface area contributed by atoms with E-state index in [4.69, 9.17) is 10.9 Å². The largest absolute Gasteiger partial charge is 0.388 e. The molecule has 0 saturated heterocycles. The number of hydrogen-bond donors (Lipinski definition) is 3. The molecule has 5 N–H and O–H groups in total. The van der Waals surface area contributed by atoms with Gasteiger partial charge in [0.05, 0.1) is 16.8 Å². The zero-order valence-corrected chi connectivity index (χ0v) is 15.6. The van der Waals surface area contributed by atoms with Crippen LogP contribution in [0.2, 0.25) is 0 Å². The molecule has 1 heterocycles. The van der Waals surface area contributed by atoms with Gasteiger partial charge >= 0.3 is 0 Å². The Hall–Kier alpha value is -2.33. The van der Waals surface area contributed by atoms with Gasteiger partial charge in [-0.15, -0.1) is 10.2 Å². The minimum atomic E-state index is -3.94. The van der Waals surface area contributed by atoms with Gasteiger partial charge in [0.1, 0.15) is 0 Å². The lowest BCUT2D eigenvalue weighted by atomic mass is 9.79. The molecule has 3 rings (SSSR count). The van der Waals surface area contributed by atoms with Crippen LogP contribution in [-0.2, 0) is 10.0 Å². The van der Waals surface area contributed by atoms with Gasteiger partial charge in [-0.2, -0.15) is 5.21 Å². The zero-order valence-electron chi connectivity index (χ0n) is 14.8. The molecule has 2 aromatic rings. The van der Waals surface area contributed by atoms with Crippen LogP contribution < -0.4 is 10.9 Å². The summed E-state index contributed by atoms with van der Waals surface area (Å²) in [5.74, 6) is 1.01.